The van der Waals surface area contributed by atoms with Crippen molar-refractivity contribution in [2.45, 2.75) is 55.1 Å². The molecule has 174 valence electrons. The molecule has 0 aliphatic carbocycles. The normalized spacial score (nSPS) is 24.4. The van der Waals surface area contributed by atoms with Gasteiger partial charge in [0.05, 0.1) is 6.61 Å². The van der Waals surface area contributed by atoms with E-state index in [1.54, 1.807) is 0 Å². The molecular formula is C23H25N3O6S. The van der Waals surface area contributed by atoms with E-state index in [9.17, 15) is 15.1 Å². The molecule has 9 nitrogen and oxygen atoms in total. The van der Waals surface area contributed by atoms with Crippen molar-refractivity contribution in [2.24, 2.45) is 5.11 Å². The van der Waals surface area contributed by atoms with Crippen molar-refractivity contribution in [3.05, 3.63) is 76.7 Å². The number of benzene rings is 2. The fourth-order valence-electron chi connectivity index (χ4n) is 3.43. The molecular weight excluding hydrogens is 446 g/mol. The molecule has 0 aromatic heterocycles. The van der Waals surface area contributed by atoms with Gasteiger partial charge in [-0.05, 0) is 23.2 Å². The van der Waals surface area contributed by atoms with Crippen LogP contribution in [-0.4, -0.2) is 48.3 Å². The molecule has 0 spiro atoms. The first-order valence-electron chi connectivity index (χ1n) is 10.4. The number of hydrogen-bond acceptors (Lipinski definition) is 8. The summed E-state index contributed by atoms with van der Waals surface area (Å²) in [6.45, 7) is 2.60. The van der Waals surface area contributed by atoms with Crippen molar-refractivity contribution in [1.82, 2.24) is 0 Å². The molecule has 0 unspecified atom stereocenters. The molecule has 0 bridgehead atoms. The molecule has 0 radical (unpaired) electrons. The summed E-state index contributed by atoms with van der Waals surface area (Å²) in [4.78, 5) is 27.2. The van der Waals surface area contributed by atoms with Gasteiger partial charge in [0, 0.05) is 23.7 Å². The molecule has 1 aliphatic rings. The van der Waals surface area contributed by atoms with Gasteiger partial charge in [-0.15, -0.1) is 0 Å². The molecule has 1 saturated heterocycles. The zero-order chi connectivity index (χ0) is 23.6. The maximum Gasteiger partial charge on any atom is 0.303 e. The number of nitrogens with zero attached hydrogens (tertiary/aromatic N) is 3. The summed E-state index contributed by atoms with van der Waals surface area (Å²) >= 11 is 1.35. The molecule has 33 heavy (non-hydrogen) atoms. The molecule has 5 atom stereocenters. The van der Waals surface area contributed by atoms with Crippen molar-refractivity contribution in [3.8, 4) is 0 Å². The minimum absolute atomic E-state index is 0.146. The minimum atomic E-state index is -0.950. The number of azide groups is 1. The lowest BCUT2D eigenvalue weighted by Gasteiger charge is -2.44. The van der Waals surface area contributed by atoms with E-state index in [2.05, 4.69) is 10.0 Å². The molecule has 3 rings (SSSR count). The standard InChI is InChI=1S/C23H25N3O6S/c1-15(27)29-14-19-21(31-16(2)28)22(30-13-17-9-5-3-6-10-17)20(25-26-24)23(32-19)33-18-11-7-4-8-12-18/h3-12,19-23H,13-14H2,1-2H3/t19-,20-,21-,22-,23+/m1/s1. The first-order chi connectivity index (χ1) is 16.0. The van der Waals surface area contributed by atoms with Crippen LogP contribution in [0.25, 0.3) is 10.4 Å². The molecule has 10 heteroatoms. The van der Waals surface area contributed by atoms with Crippen LogP contribution in [0.4, 0.5) is 0 Å². The van der Waals surface area contributed by atoms with Crippen LogP contribution >= 0.6 is 11.8 Å². The monoisotopic (exact) mass is 471 g/mol. The highest BCUT2D eigenvalue weighted by molar-refractivity contribution is 7.99. The maximum absolute atomic E-state index is 11.9. The predicted octanol–water partition coefficient (Wildman–Crippen LogP) is 4.26. The van der Waals surface area contributed by atoms with E-state index < -0.39 is 41.7 Å². The van der Waals surface area contributed by atoms with E-state index in [-0.39, 0.29) is 13.2 Å². The number of hydrogen-bond donors (Lipinski definition) is 0. The van der Waals surface area contributed by atoms with Crippen molar-refractivity contribution in [1.29, 1.82) is 0 Å². The first-order valence-corrected chi connectivity index (χ1v) is 11.2. The average molecular weight is 472 g/mol. The van der Waals surface area contributed by atoms with E-state index in [4.69, 9.17) is 18.9 Å². The second-order valence-corrected chi connectivity index (χ2v) is 8.48. The van der Waals surface area contributed by atoms with Crippen molar-refractivity contribution >= 4 is 23.7 Å². The van der Waals surface area contributed by atoms with Crippen LogP contribution in [0.3, 0.4) is 0 Å². The Bertz CT molecular complexity index is 971. The van der Waals surface area contributed by atoms with Gasteiger partial charge >= 0.3 is 11.9 Å². The molecule has 2 aromatic rings. The van der Waals surface area contributed by atoms with Crippen molar-refractivity contribution < 1.29 is 28.5 Å². The Labute approximate surface area is 196 Å². The summed E-state index contributed by atoms with van der Waals surface area (Å²) in [7, 11) is 0. The Morgan fingerprint density at radius 1 is 1.03 bits per heavy atom. The Morgan fingerprint density at radius 3 is 2.30 bits per heavy atom. The second kappa shape index (κ2) is 12.3. The smallest absolute Gasteiger partial charge is 0.303 e. The summed E-state index contributed by atoms with van der Waals surface area (Å²) in [5.74, 6) is -1.05. The lowest BCUT2D eigenvalue weighted by Crippen LogP contribution is -2.59. The fraction of sp³-hybridized carbons (Fsp3) is 0.391. The van der Waals surface area contributed by atoms with Gasteiger partial charge < -0.3 is 18.9 Å². The zero-order valence-electron chi connectivity index (χ0n) is 18.3. The van der Waals surface area contributed by atoms with Gasteiger partial charge in [-0.1, -0.05) is 65.4 Å². The summed E-state index contributed by atoms with van der Waals surface area (Å²) < 4.78 is 23.1. The van der Waals surface area contributed by atoms with Gasteiger partial charge in [0.2, 0.25) is 0 Å². The van der Waals surface area contributed by atoms with E-state index >= 15 is 0 Å². The highest BCUT2D eigenvalue weighted by Crippen LogP contribution is 2.37. The fourth-order valence-corrected chi connectivity index (χ4v) is 4.56. The van der Waals surface area contributed by atoms with Crippen molar-refractivity contribution in [2.75, 3.05) is 6.61 Å². The lowest BCUT2D eigenvalue weighted by molar-refractivity contribution is -0.209. The SMILES string of the molecule is CC(=O)OC[C@H]1O[C@@H](Sc2ccccc2)[C@H](N=[N+]=[N-])[C@@H](OCc2ccccc2)[C@@H]1OC(C)=O. The third-order valence-corrected chi connectivity index (χ3v) is 6.00. The molecule has 0 N–H and O–H groups in total. The number of carbonyl (C=O) groups is 2. The van der Waals surface area contributed by atoms with E-state index in [1.165, 1.54) is 25.6 Å². The van der Waals surface area contributed by atoms with Crippen LogP contribution in [0, 0.1) is 0 Å². The average Bonchev–Trinajstić information content (AvgIpc) is 2.80. The summed E-state index contributed by atoms with van der Waals surface area (Å²) in [5.41, 5.74) is 9.50. The number of esters is 2. The highest BCUT2D eigenvalue weighted by Gasteiger charge is 2.49. The first kappa shape index (κ1) is 24.6. The summed E-state index contributed by atoms with van der Waals surface area (Å²) in [5, 5.41) is 3.95. The van der Waals surface area contributed by atoms with E-state index in [0.717, 1.165) is 10.5 Å². The zero-order valence-corrected chi connectivity index (χ0v) is 19.1. The van der Waals surface area contributed by atoms with Crippen LogP contribution in [0.15, 0.2) is 70.7 Å². The number of rotatable bonds is 9. The largest absolute Gasteiger partial charge is 0.463 e. The summed E-state index contributed by atoms with van der Waals surface area (Å²) in [6, 6.07) is 18.1. The van der Waals surface area contributed by atoms with Gasteiger partial charge in [-0.25, -0.2) is 0 Å². The molecule has 1 aliphatic heterocycles. The molecule has 0 saturated carbocycles. The van der Waals surface area contributed by atoms with Crippen LogP contribution in [0.2, 0.25) is 0 Å². The van der Waals surface area contributed by atoms with E-state index in [1.807, 2.05) is 60.7 Å². The quantitative estimate of drug-likeness (QED) is 0.232. The number of thioether (sulfide) groups is 1. The van der Waals surface area contributed by atoms with Gasteiger partial charge in [-0.2, -0.15) is 0 Å². The summed E-state index contributed by atoms with van der Waals surface area (Å²) in [6.07, 6.45) is -2.60. The Kier molecular flexibility index (Phi) is 9.14. The van der Waals surface area contributed by atoms with Crippen molar-refractivity contribution in [3.63, 3.8) is 0 Å². The van der Waals surface area contributed by atoms with Crippen LogP contribution in [-0.2, 0) is 35.1 Å². The Hall–Kier alpha value is -3.04. The van der Waals surface area contributed by atoms with Gasteiger partial charge in [-0.3, -0.25) is 9.59 Å². The molecule has 1 fully saturated rings. The number of ether oxygens (including phenoxy) is 4. The maximum atomic E-state index is 11.9. The lowest BCUT2D eigenvalue weighted by atomic mass is 9.98. The van der Waals surface area contributed by atoms with Gasteiger partial charge in [0.15, 0.2) is 6.10 Å². The molecule has 1 heterocycles. The minimum Gasteiger partial charge on any atom is -0.463 e. The molecule has 0 amide bonds. The van der Waals surface area contributed by atoms with Gasteiger partial charge in [0.25, 0.3) is 0 Å². The van der Waals surface area contributed by atoms with Crippen LogP contribution < -0.4 is 0 Å². The van der Waals surface area contributed by atoms with Crippen LogP contribution in [0.5, 0.6) is 0 Å². The Morgan fingerprint density at radius 2 is 1.70 bits per heavy atom. The topological polar surface area (TPSA) is 120 Å². The number of carbonyl (C=O) groups excluding carboxylic acids is 2. The Balaban J connectivity index is 1.93. The van der Waals surface area contributed by atoms with Crippen LogP contribution in [0.1, 0.15) is 19.4 Å². The third-order valence-electron chi connectivity index (χ3n) is 4.83. The van der Waals surface area contributed by atoms with E-state index in [0.29, 0.717) is 0 Å². The highest BCUT2D eigenvalue weighted by atomic mass is 32.2. The second-order valence-electron chi connectivity index (χ2n) is 7.31. The predicted molar refractivity (Wildman–Crippen MR) is 121 cm³/mol. The van der Waals surface area contributed by atoms with Gasteiger partial charge in [0.1, 0.15) is 30.3 Å². The third kappa shape index (κ3) is 7.23. The molecule has 2 aromatic carbocycles.